The van der Waals surface area contributed by atoms with Crippen molar-refractivity contribution < 1.29 is 4.79 Å². The molecule has 0 saturated heterocycles. The molecule has 96 valence electrons. The first-order valence-electron chi connectivity index (χ1n) is 6.43. The topological polar surface area (TPSA) is 32.3 Å². The number of carbonyl (C=O) groups excluding carboxylic acids is 1. The maximum atomic E-state index is 12.1. The van der Waals surface area contributed by atoms with Crippen LogP contribution in [0.4, 0.5) is 11.4 Å². The number of anilines is 2. The highest BCUT2D eigenvalue weighted by Gasteiger charge is 2.23. The molecule has 0 unspecified atom stereocenters. The molecule has 0 spiro atoms. The second-order valence-electron chi connectivity index (χ2n) is 4.78. The van der Waals surface area contributed by atoms with Gasteiger partial charge in [-0.2, -0.15) is 0 Å². The molecule has 3 heteroatoms. The average molecular weight is 252 g/mol. The lowest BCUT2D eigenvalue weighted by atomic mass is 10.1. The molecule has 3 nitrogen and oxygen atoms in total. The van der Waals surface area contributed by atoms with E-state index in [1.165, 1.54) is 11.1 Å². The average Bonchev–Trinajstić information content (AvgIpc) is 2.44. The maximum Gasteiger partial charge on any atom is 0.246 e. The summed E-state index contributed by atoms with van der Waals surface area (Å²) in [6.45, 7) is 3.07. The first-order chi connectivity index (χ1) is 9.25. The van der Waals surface area contributed by atoms with Crippen molar-refractivity contribution in [3.63, 3.8) is 0 Å². The number of rotatable bonds is 2. The Hall–Kier alpha value is -2.29. The number of hydrogen-bond donors (Lipinski definition) is 1. The van der Waals surface area contributed by atoms with Gasteiger partial charge in [-0.15, -0.1) is 0 Å². The van der Waals surface area contributed by atoms with Crippen LogP contribution in [0.25, 0.3) is 0 Å². The summed E-state index contributed by atoms with van der Waals surface area (Å²) >= 11 is 0. The molecule has 0 aliphatic carbocycles. The van der Waals surface area contributed by atoms with Crippen LogP contribution in [0.3, 0.4) is 0 Å². The number of para-hydroxylation sites is 2. The van der Waals surface area contributed by atoms with Crippen LogP contribution in [0, 0.1) is 6.92 Å². The molecule has 2 aromatic carbocycles. The van der Waals surface area contributed by atoms with Gasteiger partial charge in [-0.25, -0.2) is 0 Å². The minimum atomic E-state index is 0.113. The van der Waals surface area contributed by atoms with E-state index in [-0.39, 0.29) is 5.91 Å². The quantitative estimate of drug-likeness (QED) is 0.891. The molecule has 0 saturated carbocycles. The zero-order valence-corrected chi connectivity index (χ0v) is 10.9. The number of benzene rings is 2. The Kier molecular flexibility index (Phi) is 2.95. The van der Waals surface area contributed by atoms with Crippen molar-refractivity contribution in [2.75, 3.05) is 16.8 Å². The van der Waals surface area contributed by atoms with Crippen molar-refractivity contribution >= 4 is 17.3 Å². The third-order valence-corrected chi connectivity index (χ3v) is 3.52. The van der Waals surface area contributed by atoms with Gasteiger partial charge in [0.2, 0.25) is 5.91 Å². The number of hydrogen-bond acceptors (Lipinski definition) is 2. The van der Waals surface area contributed by atoms with E-state index < -0.39 is 0 Å². The summed E-state index contributed by atoms with van der Waals surface area (Å²) in [5, 5.41) is 3.15. The zero-order chi connectivity index (χ0) is 13.2. The van der Waals surface area contributed by atoms with Crippen LogP contribution in [0.1, 0.15) is 11.1 Å². The zero-order valence-electron chi connectivity index (χ0n) is 10.9. The van der Waals surface area contributed by atoms with Crippen molar-refractivity contribution in [2.24, 2.45) is 0 Å². The van der Waals surface area contributed by atoms with Crippen molar-refractivity contribution in [3.05, 3.63) is 59.7 Å². The van der Waals surface area contributed by atoms with Gasteiger partial charge in [0.25, 0.3) is 0 Å². The largest absolute Gasteiger partial charge is 0.374 e. The molecule has 1 amide bonds. The Balaban J connectivity index is 1.96. The molecule has 0 fully saturated rings. The standard InChI is InChI=1S/C16H16N2O/c1-12-6-2-3-7-13(12)11-18-15-9-5-4-8-14(15)17-10-16(18)19/h2-9,17H,10-11H2,1H3. The maximum absolute atomic E-state index is 12.1. The van der Waals surface area contributed by atoms with E-state index in [9.17, 15) is 4.79 Å². The smallest absolute Gasteiger partial charge is 0.246 e. The molecule has 2 aromatic rings. The molecule has 3 rings (SSSR count). The molecule has 1 heterocycles. The Morgan fingerprint density at radius 1 is 1.11 bits per heavy atom. The molecule has 1 aliphatic heterocycles. The normalized spacial score (nSPS) is 13.9. The summed E-state index contributed by atoms with van der Waals surface area (Å²) in [4.78, 5) is 14.0. The number of carbonyl (C=O) groups is 1. The minimum Gasteiger partial charge on any atom is -0.374 e. The van der Waals surface area contributed by atoms with Gasteiger partial charge in [0.1, 0.15) is 0 Å². The fourth-order valence-corrected chi connectivity index (χ4v) is 2.39. The third kappa shape index (κ3) is 2.19. The number of nitrogens with one attached hydrogen (secondary N) is 1. The lowest BCUT2D eigenvalue weighted by Gasteiger charge is -2.30. The van der Waals surface area contributed by atoms with Crippen LogP contribution >= 0.6 is 0 Å². The Morgan fingerprint density at radius 3 is 2.68 bits per heavy atom. The van der Waals surface area contributed by atoms with Crippen LogP contribution in [-0.4, -0.2) is 12.5 Å². The molecule has 0 atom stereocenters. The predicted octanol–water partition coefficient (Wildman–Crippen LogP) is 2.95. The SMILES string of the molecule is Cc1ccccc1CN1C(=O)CNc2ccccc21. The Morgan fingerprint density at radius 2 is 1.84 bits per heavy atom. The Bertz CT molecular complexity index is 622. The summed E-state index contributed by atoms with van der Waals surface area (Å²) in [5.74, 6) is 0.113. The number of amides is 1. The van der Waals surface area contributed by atoms with Crippen LogP contribution < -0.4 is 10.2 Å². The van der Waals surface area contributed by atoms with E-state index in [4.69, 9.17) is 0 Å². The van der Waals surface area contributed by atoms with Crippen LogP contribution in [0.2, 0.25) is 0 Å². The Labute approximate surface area is 112 Å². The lowest BCUT2D eigenvalue weighted by Crippen LogP contribution is -2.39. The third-order valence-electron chi connectivity index (χ3n) is 3.52. The fourth-order valence-electron chi connectivity index (χ4n) is 2.39. The van der Waals surface area contributed by atoms with E-state index >= 15 is 0 Å². The molecule has 0 aromatic heterocycles. The van der Waals surface area contributed by atoms with Gasteiger partial charge in [0.05, 0.1) is 24.5 Å². The molecule has 1 aliphatic rings. The number of aryl methyl sites for hydroxylation is 1. The monoisotopic (exact) mass is 252 g/mol. The first-order valence-corrected chi connectivity index (χ1v) is 6.43. The van der Waals surface area contributed by atoms with Crippen molar-refractivity contribution in [1.29, 1.82) is 0 Å². The van der Waals surface area contributed by atoms with Gasteiger partial charge >= 0.3 is 0 Å². The predicted molar refractivity (Wildman–Crippen MR) is 77.3 cm³/mol. The van der Waals surface area contributed by atoms with Crippen molar-refractivity contribution in [2.45, 2.75) is 13.5 Å². The second-order valence-corrected chi connectivity index (χ2v) is 4.78. The second kappa shape index (κ2) is 4.76. The van der Waals surface area contributed by atoms with Crippen molar-refractivity contribution in [1.82, 2.24) is 0 Å². The molecule has 0 bridgehead atoms. The van der Waals surface area contributed by atoms with Crippen molar-refractivity contribution in [3.8, 4) is 0 Å². The number of nitrogens with zero attached hydrogens (tertiary/aromatic N) is 1. The van der Waals surface area contributed by atoms with Gasteiger partial charge in [-0.1, -0.05) is 36.4 Å². The molecule has 0 radical (unpaired) electrons. The van der Waals surface area contributed by atoms with Gasteiger partial charge in [0, 0.05) is 0 Å². The van der Waals surface area contributed by atoms with Gasteiger partial charge in [-0.3, -0.25) is 4.79 Å². The highest BCUT2D eigenvalue weighted by atomic mass is 16.2. The molecular weight excluding hydrogens is 236 g/mol. The first kappa shape index (κ1) is 11.8. The van der Waals surface area contributed by atoms with E-state index in [2.05, 4.69) is 24.4 Å². The highest BCUT2D eigenvalue weighted by Crippen LogP contribution is 2.30. The van der Waals surface area contributed by atoms with E-state index in [1.807, 2.05) is 41.3 Å². The van der Waals surface area contributed by atoms with Gasteiger partial charge in [0.15, 0.2) is 0 Å². The fraction of sp³-hybridized carbons (Fsp3) is 0.188. The summed E-state index contributed by atoms with van der Waals surface area (Å²) in [6.07, 6.45) is 0. The minimum absolute atomic E-state index is 0.113. The van der Waals surface area contributed by atoms with Crippen LogP contribution in [0.15, 0.2) is 48.5 Å². The molecule has 19 heavy (non-hydrogen) atoms. The van der Waals surface area contributed by atoms with Crippen LogP contribution in [0.5, 0.6) is 0 Å². The molecule has 1 N–H and O–H groups in total. The highest BCUT2D eigenvalue weighted by molar-refractivity contribution is 6.02. The summed E-state index contributed by atoms with van der Waals surface area (Å²) in [6, 6.07) is 16.1. The van der Waals surface area contributed by atoms with E-state index in [0.717, 1.165) is 11.4 Å². The summed E-state index contributed by atoms with van der Waals surface area (Å²) in [5.41, 5.74) is 4.39. The summed E-state index contributed by atoms with van der Waals surface area (Å²) < 4.78 is 0. The molecular formula is C16H16N2O. The van der Waals surface area contributed by atoms with E-state index in [1.54, 1.807) is 0 Å². The summed E-state index contributed by atoms with van der Waals surface area (Å²) in [7, 11) is 0. The van der Waals surface area contributed by atoms with Crippen LogP contribution in [-0.2, 0) is 11.3 Å². The number of fused-ring (bicyclic) bond motifs is 1. The van der Waals surface area contributed by atoms with E-state index in [0.29, 0.717) is 13.1 Å². The van der Waals surface area contributed by atoms with Gasteiger partial charge in [-0.05, 0) is 30.2 Å². The lowest BCUT2D eigenvalue weighted by molar-refractivity contribution is -0.117. The van der Waals surface area contributed by atoms with Gasteiger partial charge < -0.3 is 10.2 Å².